The van der Waals surface area contributed by atoms with E-state index in [2.05, 4.69) is 10.5 Å². The Morgan fingerprint density at radius 1 is 1.50 bits per heavy atom. The fourth-order valence-corrected chi connectivity index (χ4v) is 1.48. The summed E-state index contributed by atoms with van der Waals surface area (Å²) < 4.78 is 0. The molecule has 0 unspecified atom stereocenters. The number of nitrogens with zero attached hydrogens (tertiary/aromatic N) is 2. The Hall–Kier alpha value is -2.24. The number of amides is 1. The van der Waals surface area contributed by atoms with Gasteiger partial charge in [-0.15, -0.1) is 0 Å². The Kier molecular flexibility index (Phi) is 3.36. The van der Waals surface area contributed by atoms with Crippen LogP contribution in [-0.2, 0) is 4.79 Å². The number of hydrogen-bond donors (Lipinski definition) is 1. The molecule has 94 valence electrons. The molecule has 6 nitrogen and oxygen atoms in total. The maximum Gasteiger partial charge on any atom is 0.270 e. The summed E-state index contributed by atoms with van der Waals surface area (Å²) in [5.41, 5.74) is 3.65. The average molecular weight is 247 g/mol. The molecule has 0 atom stereocenters. The monoisotopic (exact) mass is 247 g/mol. The third-order valence-electron chi connectivity index (χ3n) is 2.76. The van der Waals surface area contributed by atoms with Gasteiger partial charge in [0.2, 0.25) is 5.91 Å². The summed E-state index contributed by atoms with van der Waals surface area (Å²) >= 11 is 0. The van der Waals surface area contributed by atoms with Gasteiger partial charge in [0.05, 0.1) is 10.6 Å². The molecule has 0 spiro atoms. The molecule has 1 saturated carbocycles. The summed E-state index contributed by atoms with van der Waals surface area (Å²) in [6.07, 6.45) is 1.83. The van der Waals surface area contributed by atoms with E-state index in [0.717, 1.165) is 12.8 Å². The summed E-state index contributed by atoms with van der Waals surface area (Å²) in [6.45, 7) is 1.70. The van der Waals surface area contributed by atoms with Crippen LogP contribution >= 0.6 is 0 Å². The molecule has 1 aliphatic rings. The van der Waals surface area contributed by atoms with Crippen molar-refractivity contribution in [3.05, 3.63) is 39.9 Å². The van der Waals surface area contributed by atoms with Gasteiger partial charge in [-0.3, -0.25) is 14.9 Å². The molecule has 0 aromatic heterocycles. The number of non-ortho nitro benzene ring substituents is 1. The van der Waals surface area contributed by atoms with E-state index in [1.54, 1.807) is 19.1 Å². The average Bonchev–Trinajstić information content (AvgIpc) is 3.20. The molecular weight excluding hydrogens is 234 g/mol. The van der Waals surface area contributed by atoms with Gasteiger partial charge in [-0.2, -0.15) is 5.10 Å². The van der Waals surface area contributed by atoms with Crippen LogP contribution in [0, 0.1) is 16.0 Å². The molecular formula is C12H13N3O3. The topological polar surface area (TPSA) is 84.6 Å². The zero-order valence-corrected chi connectivity index (χ0v) is 9.92. The first-order valence-corrected chi connectivity index (χ1v) is 5.67. The van der Waals surface area contributed by atoms with Crippen LogP contribution in [0.4, 0.5) is 5.69 Å². The van der Waals surface area contributed by atoms with Gasteiger partial charge in [0.1, 0.15) is 0 Å². The van der Waals surface area contributed by atoms with Crippen molar-refractivity contribution in [3.8, 4) is 0 Å². The molecule has 0 saturated heterocycles. The number of hydrogen-bond acceptors (Lipinski definition) is 4. The van der Waals surface area contributed by atoms with Crippen molar-refractivity contribution in [2.24, 2.45) is 11.0 Å². The van der Waals surface area contributed by atoms with Crippen molar-refractivity contribution >= 4 is 17.3 Å². The lowest BCUT2D eigenvalue weighted by Crippen LogP contribution is -2.20. The van der Waals surface area contributed by atoms with Gasteiger partial charge in [0.25, 0.3) is 5.69 Å². The van der Waals surface area contributed by atoms with E-state index in [-0.39, 0.29) is 17.5 Å². The number of carbonyl (C=O) groups is 1. The fraction of sp³-hybridized carbons (Fsp3) is 0.333. The minimum Gasteiger partial charge on any atom is -0.273 e. The van der Waals surface area contributed by atoms with E-state index in [1.165, 1.54) is 12.1 Å². The first-order chi connectivity index (χ1) is 8.58. The minimum absolute atomic E-state index is 0.00979. The van der Waals surface area contributed by atoms with Crippen LogP contribution < -0.4 is 5.43 Å². The Morgan fingerprint density at radius 2 is 2.22 bits per heavy atom. The minimum atomic E-state index is -0.459. The molecule has 1 N–H and O–H groups in total. The Bertz CT molecular complexity index is 521. The zero-order valence-electron chi connectivity index (χ0n) is 9.92. The molecule has 0 radical (unpaired) electrons. The zero-order chi connectivity index (χ0) is 13.1. The maximum absolute atomic E-state index is 11.4. The standard InChI is InChI=1S/C12H13N3O3/c1-8(13-14-12(16)9-5-6-9)10-3-2-4-11(7-10)15(17)18/h2-4,7,9H,5-6H2,1H3,(H,14,16)/b13-8+. The Morgan fingerprint density at radius 3 is 2.83 bits per heavy atom. The van der Waals surface area contributed by atoms with E-state index >= 15 is 0 Å². The summed E-state index contributed by atoms with van der Waals surface area (Å²) in [6, 6.07) is 6.16. The quantitative estimate of drug-likeness (QED) is 0.500. The van der Waals surface area contributed by atoms with Crippen LogP contribution in [0.5, 0.6) is 0 Å². The van der Waals surface area contributed by atoms with Gasteiger partial charge in [0.15, 0.2) is 0 Å². The lowest BCUT2D eigenvalue weighted by molar-refractivity contribution is -0.384. The predicted octanol–water partition coefficient (Wildman–Crippen LogP) is 1.84. The van der Waals surface area contributed by atoms with Crippen molar-refractivity contribution in [1.82, 2.24) is 5.43 Å². The molecule has 1 aromatic rings. The van der Waals surface area contributed by atoms with Crippen molar-refractivity contribution in [3.63, 3.8) is 0 Å². The van der Waals surface area contributed by atoms with Gasteiger partial charge >= 0.3 is 0 Å². The Balaban J connectivity index is 2.09. The van der Waals surface area contributed by atoms with Gasteiger partial charge in [-0.25, -0.2) is 5.43 Å². The number of rotatable bonds is 4. The largest absolute Gasteiger partial charge is 0.273 e. The lowest BCUT2D eigenvalue weighted by atomic mass is 10.1. The third-order valence-corrected chi connectivity index (χ3v) is 2.76. The summed E-state index contributed by atoms with van der Waals surface area (Å²) in [5.74, 6) is 0.00596. The van der Waals surface area contributed by atoms with Gasteiger partial charge in [-0.05, 0) is 19.8 Å². The number of hydrazone groups is 1. The molecule has 1 aliphatic carbocycles. The van der Waals surface area contributed by atoms with Crippen LogP contribution in [0.2, 0.25) is 0 Å². The molecule has 0 heterocycles. The summed E-state index contributed by atoms with van der Waals surface area (Å²) in [4.78, 5) is 21.6. The summed E-state index contributed by atoms with van der Waals surface area (Å²) in [5, 5.41) is 14.6. The molecule has 0 bridgehead atoms. The highest BCUT2D eigenvalue weighted by Crippen LogP contribution is 2.28. The van der Waals surface area contributed by atoms with Crippen molar-refractivity contribution in [1.29, 1.82) is 0 Å². The molecule has 0 aliphatic heterocycles. The Labute approximate surface area is 104 Å². The van der Waals surface area contributed by atoms with Gasteiger partial charge in [-0.1, -0.05) is 12.1 Å². The van der Waals surface area contributed by atoms with Crippen molar-refractivity contribution in [2.75, 3.05) is 0 Å². The van der Waals surface area contributed by atoms with Crippen LogP contribution in [0.25, 0.3) is 0 Å². The third kappa shape index (κ3) is 2.91. The first-order valence-electron chi connectivity index (χ1n) is 5.67. The molecule has 1 fully saturated rings. The molecule has 2 rings (SSSR count). The van der Waals surface area contributed by atoms with E-state index < -0.39 is 4.92 Å². The smallest absolute Gasteiger partial charge is 0.270 e. The molecule has 1 aromatic carbocycles. The number of carbonyl (C=O) groups excluding carboxylic acids is 1. The maximum atomic E-state index is 11.4. The number of nitrogens with one attached hydrogen (secondary N) is 1. The number of benzene rings is 1. The van der Waals surface area contributed by atoms with Gasteiger partial charge in [0, 0.05) is 23.6 Å². The number of nitro groups is 1. The molecule has 18 heavy (non-hydrogen) atoms. The second kappa shape index (κ2) is 4.95. The van der Waals surface area contributed by atoms with E-state index in [1.807, 2.05) is 0 Å². The van der Waals surface area contributed by atoms with Crippen molar-refractivity contribution in [2.45, 2.75) is 19.8 Å². The fourth-order valence-electron chi connectivity index (χ4n) is 1.48. The predicted molar refractivity (Wildman–Crippen MR) is 66.2 cm³/mol. The second-order valence-corrected chi connectivity index (χ2v) is 4.25. The summed E-state index contributed by atoms with van der Waals surface area (Å²) in [7, 11) is 0. The molecule has 1 amide bonds. The lowest BCUT2D eigenvalue weighted by Gasteiger charge is -2.02. The van der Waals surface area contributed by atoms with Crippen LogP contribution in [0.15, 0.2) is 29.4 Å². The second-order valence-electron chi connectivity index (χ2n) is 4.25. The highest BCUT2D eigenvalue weighted by atomic mass is 16.6. The van der Waals surface area contributed by atoms with E-state index in [0.29, 0.717) is 11.3 Å². The number of nitro benzene ring substituents is 1. The first kappa shape index (κ1) is 12.2. The van der Waals surface area contributed by atoms with Crippen LogP contribution in [-0.4, -0.2) is 16.5 Å². The molecule has 6 heteroatoms. The van der Waals surface area contributed by atoms with E-state index in [9.17, 15) is 14.9 Å². The normalized spacial score (nSPS) is 15.3. The highest BCUT2D eigenvalue weighted by molar-refractivity contribution is 5.99. The van der Waals surface area contributed by atoms with Gasteiger partial charge < -0.3 is 0 Å². The van der Waals surface area contributed by atoms with Crippen LogP contribution in [0.1, 0.15) is 25.3 Å². The highest BCUT2D eigenvalue weighted by Gasteiger charge is 2.29. The van der Waals surface area contributed by atoms with Crippen molar-refractivity contribution < 1.29 is 9.72 Å². The van der Waals surface area contributed by atoms with Crippen LogP contribution in [0.3, 0.4) is 0 Å². The SMILES string of the molecule is C/C(=N\NC(=O)C1CC1)c1cccc([N+](=O)[O-])c1. The van der Waals surface area contributed by atoms with E-state index in [4.69, 9.17) is 0 Å².